The highest BCUT2D eigenvalue weighted by Crippen LogP contribution is 2.35. The number of aromatic hydroxyl groups is 1. The largest absolute Gasteiger partial charge is 0.507 e. The van der Waals surface area contributed by atoms with Crippen LogP contribution in [0.1, 0.15) is 50.3 Å². The molecule has 0 fully saturated rings. The lowest BCUT2D eigenvalue weighted by Crippen LogP contribution is -2.12. The summed E-state index contributed by atoms with van der Waals surface area (Å²) in [5.74, 6) is 2.06. The molecule has 0 atom stereocenters. The molecule has 0 spiro atoms. The van der Waals surface area contributed by atoms with Gasteiger partial charge in [-0.15, -0.1) is 0 Å². The summed E-state index contributed by atoms with van der Waals surface area (Å²) in [4.78, 5) is 11.0. The van der Waals surface area contributed by atoms with Gasteiger partial charge in [-0.2, -0.15) is 11.8 Å². The van der Waals surface area contributed by atoms with E-state index in [1.54, 1.807) is 11.8 Å². The molecule has 0 bridgehead atoms. The Balaban J connectivity index is 2.53. The van der Waals surface area contributed by atoms with Crippen LogP contribution in [0.3, 0.4) is 0 Å². The predicted octanol–water partition coefficient (Wildman–Crippen LogP) is 4.23. The number of ether oxygens (including phenoxy) is 1. The molecule has 0 aliphatic rings. The molecule has 0 unspecified atom stereocenters. The molecule has 1 rings (SSSR count). The summed E-state index contributed by atoms with van der Waals surface area (Å²) < 4.78 is 4.61. The summed E-state index contributed by atoms with van der Waals surface area (Å²) in [7, 11) is 1.42. The zero-order valence-electron chi connectivity index (χ0n) is 14.4. The minimum absolute atomic E-state index is 0.0554. The number of rotatable bonds is 7. The van der Waals surface area contributed by atoms with E-state index in [0.717, 1.165) is 35.5 Å². The lowest BCUT2D eigenvalue weighted by Gasteiger charge is -2.23. The van der Waals surface area contributed by atoms with Gasteiger partial charge in [-0.1, -0.05) is 38.5 Å². The van der Waals surface area contributed by atoms with E-state index in [2.05, 4.69) is 44.6 Å². The maximum Gasteiger partial charge on any atom is 0.306 e. The van der Waals surface area contributed by atoms with E-state index in [-0.39, 0.29) is 11.4 Å². The number of thioether (sulfide) groups is 1. The van der Waals surface area contributed by atoms with Crippen molar-refractivity contribution in [3.63, 3.8) is 0 Å². The van der Waals surface area contributed by atoms with E-state index < -0.39 is 0 Å². The molecule has 0 aliphatic heterocycles. The molecule has 4 heteroatoms. The normalized spacial score (nSPS) is 11.5. The van der Waals surface area contributed by atoms with E-state index in [0.29, 0.717) is 12.2 Å². The van der Waals surface area contributed by atoms with Crippen molar-refractivity contribution >= 4 is 17.7 Å². The number of methoxy groups -OCH3 is 1. The van der Waals surface area contributed by atoms with Gasteiger partial charge in [0.2, 0.25) is 0 Å². The van der Waals surface area contributed by atoms with Gasteiger partial charge in [0.25, 0.3) is 0 Å². The standard InChI is InChI=1S/C18H28O3S/c1-13-11-14(17(20)15(12-13)18(2,3)4)7-6-9-22-10-8-16(19)21-5/h11-12,20H,6-10H2,1-5H3. The fraction of sp³-hybridized carbons (Fsp3) is 0.611. The molecule has 22 heavy (non-hydrogen) atoms. The molecule has 1 aromatic rings. The van der Waals surface area contributed by atoms with Crippen LogP contribution in [0.15, 0.2) is 12.1 Å². The maximum atomic E-state index is 11.0. The van der Waals surface area contributed by atoms with Gasteiger partial charge in [0, 0.05) is 5.75 Å². The predicted molar refractivity (Wildman–Crippen MR) is 93.8 cm³/mol. The first-order valence-electron chi connectivity index (χ1n) is 7.73. The second-order valence-corrected chi connectivity index (χ2v) is 7.84. The van der Waals surface area contributed by atoms with Gasteiger partial charge in [0.1, 0.15) is 5.75 Å². The maximum absolute atomic E-state index is 11.0. The Morgan fingerprint density at radius 1 is 1.27 bits per heavy atom. The summed E-state index contributed by atoms with van der Waals surface area (Å²) in [6.45, 7) is 8.43. The fourth-order valence-corrected chi connectivity index (χ4v) is 3.20. The highest BCUT2D eigenvalue weighted by molar-refractivity contribution is 7.99. The van der Waals surface area contributed by atoms with E-state index in [1.165, 1.54) is 12.7 Å². The first kappa shape index (κ1) is 18.9. The Kier molecular flexibility index (Phi) is 7.27. The third kappa shape index (κ3) is 5.91. The average Bonchev–Trinajstić information content (AvgIpc) is 2.44. The molecule has 1 aromatic carbocycles. The Bertz CT molecular complexity index is 504. The molecule has 0 aromatic heterocycles. The zero-order chi connectivity index (χ0) is 16.8. The van der Waals surface area contributed by atoms with Crippen molar-refractivity contribution < 1.29 is 14.6 Å². The van der Waals surface area contributed by atoms with Crippen LogP contribution in [-0.2, 0) is 21.4 Å². The van der Waals surface area contributed by atoms with Crippen molar-refractivity contribution in [3.05, 3.63) is 28.8 Å². The molecule has 0 heterocycles. The van der Waals surface area contributed by atoms with Crippen molar-refractivity contribution in [2.75, 3.05) is 18.6 Å². The molecule has 0 aliphatic carbocycles. The van der Waals surface area contributed by atoms with Crippen molar-refractivity contribution in [3.8, 4) is 5.75 Å². The number of carbonyl (C=O) groups is 1. The summed E-state index contributed by atoms with van der Waals surface area (Å²) in [6.07, 6.45) is 2.32. The number of carbonyl (C=O) groups excluding carboxylic acids is 1. The average molecular weight is 324 g/mol. The minimum Gasteiger partial charge on any atom is -0.507 e. The van der Waals surface area contributed by atoms with E-state index in [9.17, 15) is 9.90 Å². The lowest BCUT2D eigenvalue weighted by atomic mass is 9.83. The van der Waals surface area contributed by atoms with Crippen molar-refractivity contribution in [1.82, 2.24) is 0 Å². The molecule has 0 saturated heterocycles. The second kappa shape index (κ2) is 8.47. The van der Waals surface area contributed by atoms with Gasteiger partial charge < -0.3 is 9.84 Å². The van der Waals surface area contributed by atoms with Gasteiger partial charge in [-0.05, 0) is 42.1 Å². The fourth-order valence-electron chi connectivity index (χ4n) is 2.34. The van der Waals surface area contributed by atoms with Crippen LogP contribution < -0.4 is 0 Å². The molecular formula is C18H28O3S. The van der Waals surface area contributed by atoms with Crippen molar-refractivity contribution in [1.29, 1.82) is 0 Å². The van der Waals surface area contributed by atoms with Crippen molar-refractivity contribution in [2.45, 2.75) is 52.4 Å². The summed E-state index contributed by atoms with van der Waals surface area (Å²) in [5, 5.41) is 10.5. The second-order valence-electron chi connectivity index (χ2n) is 6.61. The smallest absolute Gasteiger partial charge is 0.306 e. The van der Waals surface area contributed by atoms with Gasteiger partial charge in [-0.25, -0.2) is 0 Å². The van der Waals surface area contributed by atoms with Crippen molar-refractivity contribution in [2.24, 2.45) is 0 Å². The third-order valence-electron chi connectivity index (χ3n) is 3.55. The number of phenols is 1. The van der Waals surface area contributed by atoms with Crippen LogP contribution in [-0.4, -0.2) is 29.7 Å². The topological polar surface area (TPSA) is 46.5 Å². The molecule has 3 nitrogen and oxygen atoms in total. The molecule has 0 radical (unpaired) electrons. The Morgan fingerprint density at radius 2 is 1.95 bits per heavy atom. The van der Waals surface area contributed by atoms with Crippen LogP contribution in [0.2, 0.25) is 0 Å². The van der Waals surface area contributed by atoms with Crippen LogP contribution in [0.5, 0.6) is 5.75 Å². The van der Waals surface area contributed by atoms with Gasteiger partial charge >= 0.3 is 5.97 Å². The summed E-state index contributed by atoms with van der Waals surface area (Å²) in [6, 6.07) is 4.15. The quantitative estimate of drug-likeness (QED) is 0.602. The van der Waals surface area contributed by atoms with Gasteiger partial charge in [-0.3, -0.25) is 4.79 Å². The molecule has 0 saturated carbocycles. The molecular weight excluding hydrogens is 296 g/mol. The first-order chi connectivity index (χ1) is 10.3. The Labute approximate surface area is 138 Å². The number of hydrogen-bond donors (Lipinski definition) is 1. The van der Waals surface area contributed by atoms with E-state index in [1.807, 2.05) is 0 Å². The summed E-state index contributed by atoms with van der Waals surface area (Å²) in [5.41, 5.74) is 3.18. The van der Waals surface area contributed by atoms with Crippen LogP contribution in [0, 0.1) is 6.92 Å². The lowest BCUT2D eigenvalue weighted by molar-refractivity contribution is -0.140. The zero-order valence-corrected chi connectivity index (χ0v) is 15.2. The highest BCUT2D eigenvalue weighted by atomic mass is 32.2. The van der Waals surface area contributed by atoms with Crippen LogP contribution in [0.25, 0.3) is 0 Å². The number of esters is 1. The van der Waals surface area contributed by atoms with Crippen LogP contribution >= 0.6 is 11.8 Å². The first-order valence-corrected chi connectivity index (χ1v) is 8.88. The monoisotopic (exact) mass is 324 g/mol. The number of benzene rings is 1. The third-order valence-corrected chi connectivity index (χ3v) is 4.62. The molecule has 0 amide bonds. The number of hydrogen-bond acceptors (Lipinski definition) is 4. The molecule has 124 valence electrons. The van der Waals surface area contributed by atoms with E-state index in [4.69, 9.17) is 0 Å². The van der Waals surface area contributed by atoms with E-state index >= 15 is 0 Å². The number of phenolic OH excluding ortho intramolecular Hbond substituents is 1. The SMILES string of the molecule is COC(=O)CCSCCCc1cc(C)cc(C(C)(C)C)c1O. The number of aryl methyl sites for hydroxylation is 2. The Morgan fingerprint density at radius 3 is 2.55 bits per heavy atom. The summed E-state index contributed by atoms with van der Waals surface area (Å²) >= 11 is 1.75. The van der Waals surface area contributed by atoms with Gasteiger partial charge in [0.05, 0.1) is 13.5 Å². The van der Waals surface area contributed by atoms with Crippen LogP contribution in [0.4, 0.5) is 0 Å². The van der Waals surface area contributed by atoms with Gasteiger partial charge in [0.15, 0.2) is 0 Å². The minimum atomic E-state index is -0.154. The highest BCUT2D eigenvalue weighted by Gasteiger charge is 2.20. The Hall–Kier alpha value is -1.16. The molecule has 1 N–H and O–H groups in total.